The highest BCUT2D eigenvalue weighted by molar-refractivity contribution is 7.99. The third-order valence-corrected chi connectivity index (χ3v) is 27.7. The lowest BCUT2D eigenvalue weighted by Crippen LogP contribution is -2.50. The number of ether oxygens (including phenoxy) is 1. The lowest BCUT2D eigenvalue weighted by molar-refractivity contribution is -0.117. The normalized spacial score (nSPS) is 19.8. The third-order valence-electron chi connectivity index (χ3n) is 22.3. The van der Waals surface area contributed by atoms with Crippen LogP contribution >= 0.6 is 58.3 Å². The number of piperidine rings is 3. The lowest BCUT2D eigenvalue weighted by atomic mass is 9.73. The first-order chi connectivity index (χ1) is 54.5. The van der Waals surface area contributed by atoms with Crippen LogP contribution in [-0.4, -0.2) is 149 Å². The number of carbonyl (C=O) groups excluding carboxylic acids is 1. The molecule has 5 aliphatic heterocycles. The van der Waals surface area contributed by atoms with E-state index in [4.69, 9.17) is 68.2 Å². The second-order valence-corrected chi connectivity index (χ2v) is 36.7. The number of phenolic OH excluding ortho intramolecular Hbond substituents is 1. The number of aromatic nitrogens is 8. The van der Waals surface area contributed by atoms with Gasteiger partial charge in [-0.2, -0.15) is 22.3 Å². The van der Waals surface area contributed by atoms with E-state index in [9.17, 15) is 40.4 Å². The Morgan fingerprint density at radius 3 is 1.85 bits per heavy atom. The molecule has 5 aromatic carbocycles. The number of azo groups is 1. The first kappa shape index (κ1) is 84.0. The number of phenols is 1. The van der Waals surface area contributed by atoms with Crippen molar-refractivity contribution in [3.05, 3.63) is 154 Å². The van der Waals surface area contributed by atoms with Crippen LogP contribution < -0.4 is 48.3 Å². The molecule has 27 nitrogen and oxygen atoms in total. The summed E-state index contributed by atoms with van der Waals surface area (Å²) >= 11 is 21.1. The number of aryl methyl sites for hydroxylation is 1. The number of anilines is 7. The van der Waals surface area contributed by atoms with Gasteiger partial charge in [0.1, 0.15) is 59.1 Å². The van der Waals surface area contributed by atoms with E-state index < -0.39 is 43.2 Å². The van der Waals surface area contributed by atoms with Crippen molar-refractivity contribution in [3.8, 4) is 17.0 Å². The van der Waals surface area contributed by atoms with Crippen molar-refractivity contribution >= 4 is 164 Å². The SMILES string of the molecule is C=S(=O)(O)c1ccc2cc(N=Nc3cc(S(=O)(=O)O)c4cccnc4c3O)ccc2c1.CC(=O)N1CC(F)(F)c2c(Sc3ncc(N4CCC5(CCC[C@H]5N)CC4)nc3N)cccc21.CC1(C)CCN(c2cnc(-c3cccc(Cl)c3Cl)c(N)n2)CC1.Cc1nccc(Sc2ncc(N3CCC4(CC3)CO[C@@H](C)[C@H]4N)nc2N)c1Cl. The Morgan fingerprint density at radius 1 is 0.678 bits per heavy atom. The molecule has 1 aliphatic carbocycles. The van der Waals surface area contributed by atoms with Crippen molar-refractivity contribution in [3.63, 3.8) is 0 Å². The summed E-state index contributed by atoms with van der Waals surface area (Å²) in [4.78, 5) is 55.8. The van der Waals surface area contributed by atoms with Crippen LogP contribution in [0.3, 0.4) is 0 Å². The average molecular weight is 1700 g/mol. The largest absolute Gasteiger partial charge is 0.504 e. The van der Waals surface area contributed by atoms with Crippen molar-refractivity contribution < 1.29 is 45.2 Å². The fraction of sp³-hybridized carbons (Fsp3) is 0.367. The van der Waals surface area contributed by atoms with E-state index >= 15 is 0 Å². The summed E-state index contributed by atoms with van der Waals surface area (Å²) in [5, 5.41) is 22.4. The summed E-state index contributed by atoms with van der Waals surface area (Å²) < 4.78 is 89.7. The van der Waals surface area contributed by atoms with E-state index in [0.717, 1.165) is 136 Å². The van der Waals surface area contributed by atoms with Gasteiger partial charge in [0.15, 0.2) is 23.2 Å². The number of nitrogens with zero attached hydrogens (tertiary/aromatic N) is 14. The summed E-state index contributed by atoms with van der Waals surface area (Å²) in [5.74, 6) is 2.60. The predicted octanol–water partition coefficient (Wildman–Crippen LogP) is 15.6. The van der Waals surface area contributed by atoms with Crippen molar-refractivity contribution in [2.75, 3.05) is 89.2 Å². The van der Waals surface area contributed by atoms with Crippen LogP contribution in [0, 0.1) is 23.2 Å². The minimum atomic E-state index is -4.60. The van der Waals surface area contributed by atoms with Gasteiger partial charge in [0.25, 0.3) is 16.0 Å². The van der Waals surface area contributed by atoms with Crippen molar-refractivity contribution in [2.45, 2.75) is 146 Å². The number of amides is 1. The highest BCUT2D eigenvalue weighted by atomic mass is 35.5. The van der Waals surface area contributed by atoms with Gasteiger partial charge in [-0.25, -0.2) is 34.1 Å². The van der Waals surface area contributed by atoms with Gasteiger partial charge in [-0.15, -0.1) is 5.11 Å². The van der Waals surface area contributed by atoms with Gasteiger partial charge in [-0.3, -0.25) is 19.3 Å². The monoisotopic (exact) mass is 1700 g/mol. The van der Waals surface area contributed by atoms with Crippen LogP contribution in [0.2, 0.25) is 15.1 Å². The number of nitrogens with two attached hydrogens (primary N) is 5. The number of hydrogen-bond donors (Lipinski definition) is 8. The van der Waals surface area contributed by atoms with Crippen LogP contribution in [0.4, 0.5) is 60.8 Å². The Bertz CT molecular complexity index is 5630. The molecule has 4 saturated heterocycles. The van der Waals surface area contributed by atoms with Gasteiger partial charge >= 0.3 is 0 Å². The third kappa shape index (κ3) is 18.4. The molecule has 13 N–H and O–H groups in total. The maximum Gasteiger partial charge on any atom is 0.295 e. The number of carbonyl (C=O) groups is 1. The number of fused-ring (bicyclic) bond motifs is 3. The molecule has 6 aliphatic rings. The number of rotatable bonds is 12. The molecule has 2 spiro atoms. The number of hydrogen-bond acceptors (Lipinski definition) is 26. The van der Waals surface area contributed by atoms with Gasteiger partial charge in [-0.05, 0) is 159 Å². The molecule has 10 heterocycles. The van der Waals surface area contributed by atoms with Crippen LogP contribution in [0.1, 0.15) is 96.7 Å². The molecule has 1 amide bonds. The summed E-state index contributed by atoms with van der Waals surface area (Å²) in [5.41, 5.74) is 34.3. The number of pyridine rings is 2. The van der Waals surface area contributed by atoms with Crippen molar-refractivity contribution in [1.82, 2.24) is 39.9 Å². The molecule has 606 valence electrons. The van der Waals surface area contributed by atoms with Crippen LogP contribution in [0.5, 0.6) is 5.75 Å². The Hall–Kier alpha value is -8.97. The molecule has 0 radical (unpaired) electrons. The standard InChI is InChI=1S/C23H28F2N6OS.C20H15N3O6S2.C19H25ClN6OS.C17H20Cl2N4/c1-14(32)31-13-23(24,25)19-15(31)4-2-5-16(19)33-21-20(27)29-18(12-28-21)30-10-8-22(9-11-30)7-3-6-17(22)26;1-30(25,26)15-7-5-12-9-14(6-4-13(12)10-15)22-23-17-11-18(31(27,28)29)16-3-2-8-21-19(16)20(17)24;1-11-15(20)13(3-6-23-11)28-18-17(22)25-14(9-24-18)26-7-4-19(5-8-26)10-27-12(2)16(19)21;1-17(2)6-8-23(9-7-17)13-10-21-15(16(20)22-13)11-4-3-5-12(18)14(11)19/h2,4-5,12,17H,3,6-11,13,26H2,1H3,(H2,27,29);2-11,24H,1H2,(H,25,26)(H,27,28,29);3,6,9,12,16H,4-5,7-8,10,21H2,1-2H3,(H2,22,25);3-5,10H,6-9H2,1-2H3,(H2,20,22)/t17-;;12-,16+;/m1.0./s1. The maximum absolute atomic E-state index is 14.8. The van der Waals surface area contributed by atoms with E-state index in [1.807, 2.05) is 25.1 Å². The number of benzene rings is 5. The molecule has 0 bridgehead atoms. The summed E-state index contributed by atoms with van der Waals surface area (Å²) in [6.45, 7) is 15.3. The molecule has 16 rings (SSSR count). The second kappa shape index (κ2) is 33.9. The predicted molar refractivity (Wildman–Crippen MR) is 451 cm³/mol. The van der Waals surface area contributed by atoms with Gasteiger partial charge in [0.2, 0.25) is 5.91 Å². The van der Waals surface area contributed by atoms with Crippen LogP contribution in [0.15, 0.2) is 168 Å². The van der Waals surface area contributed by atoms with E-state index in [-0.39, 0.29) is 73.3 Å². The van der Waals surface area contributed by atoms with Gasteiger partial charge < -0.3 is 62.7 Å². The molecular weight excluding hydrogens is 1620 g/mol. The quantitative estimate of drug-likeness (QED) is 0.0320. The molecular formula is C79H88Cl3F2N19O8S4. The molecule has 4 atom stereocenters. The van der Waals surface area contributed by atoms with Crippen LogP contribution in [-0.2, 0) is 35.4 Å². The molecule has 36 heteroatoms. The van der Waals surface area contributed by atoms with E-state index in [1.54, 1.807) is 79.4 Å². The van der Waals surface area contributed by atoms with Gasteiger partial charge in [-0.1, -0.05) is 109 Å². The van der Waals surface area contributed by atoms with Crippen molar-refractivity contribution in [1.29, 1.82) is 0 Å². The van der Waals surface area contributed by atoms with Crippen molar-refractivity contribution in [2.24, 2.45) is 37.9 Å². The first-order valence-electron chi connectivity index (χ1n) is 37.1. The highest BCUT2D eigenvalue weighted by Gasteiger charge is 2.49. The number of aromatic hydroxyl groups is 1. The Morgan fingerprint density at radius 2 is 1.27 bits per heavy atom. The molecule has 5 fully saturated rings. The van der Waals surface area contributed by atoms with E-state index in [1.165, 1.54) is 55.9 Å². The zero-order valence-corrected chi connectivity index (χ0v) is 69.2. The number of nitrogen functional groups attached to an aromatic ring is 3. The van der Waals surface area contributed by atoms with Gasteiger partial charge in [0.05, 0.1) is 80.4 Å². The average Bonchev–Trinajstić information content (AvgIpc) is 1.64. The summed E-state index contributed by atoms with van der Waals surface area (Å²) in [7, 11) is -7.93. The fourth-order valence-corrected chi connectivity index (χ4v) is 19.0. The minimum absolute atomic E-state index is 0.0432. The lowest BCUT2D eigenvalue weighted by Gasteiger charge is -2.42. The second-order valence-electron chi connectivity index (χ2n) is 30.3. The molecule has 1 unspecified atom stereocenters. The Labute approximate surface area is 688 Å². The van der Waals surface area contributed by atoms with E-state index in [2.05, 4.69) is 91.4 Å². The summed E-state index contributed by atoms with van der Waals surface area (Å²) in [6.07, 6.45) is 18.2. The van der Waals surface area contributed by atoms with E-state index in [0.29, 0.717) is 80.6 Å². The number of alkyl halides is 2. The smallest absolute Gasteiger partial charge is 0.295 e. The topological polar surface area (TPSA) is 409 Å². The molecule has 115 heavy (non-hydrogen) atoms. The molecule has 10 aromatic rings. The Balaban J connectivity index is 0.000000135. The maximum atomic E-state index is 14.8. The Kier molecular flexibility index (Phi) is 24.8. The zero-order chi connectivity index (χ0) is 82.3. The van der Waals surface area contributed by atoms with Crippen LogP contribution in [0.25, 0.3) is 32.9 Å². The minimum Gasteiger partial charge on any atom is -0.504 e. The zero-order valence-electron chi connectivity index (χ0n) is 63.6. The molecule has 1 saturated carbocycles. The number of halogens is 5. The highest BCUT2D eigenvalue weighted by Crippen LogP contribution is 2.51. The summed E-state index contributed by atoms with van der Waals surface area (Å²) in [6, 6.07) is 25.9. The van der Waals surface area contributed by atoms with Gasteiger partial charge in [0, 0.05) is 96.8 Å². The molecule has 5 aromatic heterocycles. The first-order valence-corrected chi connectivity index (χ1v) is 43.0. The fourth-order valence-electron chi connectivity index (χ4n) is 15.3.